The highest BCUT2D eigenvalue weighted by molar-refractivity contribution is 5.90. The van der Waals surface area contributed by atoms with E-state index in [1.165, 1.54) is 4.90 Å². The molecule has 0 aromatic carbocycles. The maximum absolute atomic E-state index is 11.8. The summed E-state index contributed by atoms with van der Waals surface area (Å²) in [5, 5.41) is 15.7. The van der Waals surface area contributed by atoms with Crippen LogP contribution in [0, 0.1) is 0 Å². The lowest BCUT2D eigenvalue weighted by atomic mass is 10.1. The van der Waals surface area contributed by atoms with Gasteiger partial charge in [0.1, 0.15) is 0 Å². The molecule has 15 heavy (non-hydrogen) atoms. The van der Waals surface area contributed by atoms with Crippen molar-refractivity contribution in [2.24, 2.45) is 0 Å². The molecule has 2 heterocycles. The first-order chi connectivity index (χ1) is 6.98. The summed E-state index contributed by atoms with van der Waals surface area (Å²) in [4.78, 5) is 17.0. The van der Waals surface area contributed by atoms with E-state index in [4.69, 9.17) is 5.73 Å². The number of hydrogen-bond acceptors (Lipinski definition) is 5. The van der Waals surface area contributed by atoms with Crippen LogP contribution < -0.4 is 5.73 Å². The first-order valence-electron chi connectivity index (χ1n) is 4.67. The number of likely N-dealkylation sites (tertiary alicyclic amines) is 1. The van der Waals surface area contributed by atoms with Gasteiger partial charge in [0, 0.05) is 13.1 Å². The molecular formula is C8H13N5O2. The van der Waals surface area contributed by atoms with Crippen LogP contribution in [-0.4, -0.2) is 49.8 Å². The standard InChI is InChI=1S/C8H13N5O2/c1-8(15)2-3-13(4-8)6(14)5-10-7(9)12-11-5/h15H,2-4H2,1H3,(H3,9,10,11,12). The normalized spacial score (nSPS) is 25.9. The molecule has 7 nitrogen and oxygen atoms in total. The first kappa shape index (κ1) is 9.91. The molecule has 1 fully saturated rings. The molecule has 1 amide bonds. The second kappa shape index (κ2) is 3.20. The van der Waals surface area contributed by atoms with Crippen molar-refractivity contribution in [1.82, 2.24) is 20.1 Å². The third-order valence-corrected chi connectivity index (χ3v) is 2.44. The van der Waals surface area contributed by atoms with Crippen molar-refractivity contribution in [3.8, 4) is 0 Å². The van der Waals surface area contributed by atoms with Crippen molar-refractivity contribution in [3.63, 3.8) is 0 Å². The minimum absolute atomic E-state index is 0.0457. The Balaban J connectivity index is 2.10. The summed E-state index contributed by atoms with van der Waals surface area (Å²) in [6, 6.07) is 0. The third kappa shape index (κ3) is 1.91. The summed E-state index contributed by atoms with van der Waals surface area (Å²) in [5.74, 6) is -0.119. The summed E-state index contributed by atoms with van der Waals surface area (Å²) in [7, 11) is 0. The molecule has 82 valence electrons. The number of β-amino-alcohol motifs (C(OH)–C–C–N with tert-alkyl or cyclic N) is 1. The number of hydrogen-bond donors (Lipinski definition) is 3. The number of nitrogens with one attached hydrogen (secondary N) is 1. The zero-order valence-electron chi connectivity index (χ0n) is 8.40. The average molecular weight is 211 g/mol. The average Bonchev–Trinajstić information content (AvgIpc) is 2.71. The molecule has 1 aromatic heterocycles. The number of rotatable bonds is 1. The number of carbonyl (C=O) groups is 1. The topological polar surface area (TPSA) is 108 Å². The smallest absolute Gasteiger partial charge is 0.291 e. The minimum atomic E-state index is -0.804. The number of amides is 1. The van der Waals surface area contributed by atoms with E-state index in [9.17, 15) is 9.90 Å². The van der Waals surface area contributed by atoms with E-state index in [-0.39, 0.29) is 17.7 Å². The fourth-order valence-corrected chi connectivity index (χ4v) is 1.64. The van der Waals surface area contributed by atoms with Crippen LogP contribution in [0.5, 0.6) is 0 Å². The molecule has 1 atom stereocenters. The number of anilines is 1. The predicted octanol–water partition coefficient (Wildman–Crippen LogP) is -1.02. The molecule has 2 rings (SSSR count). The molecule has 0 saturated carbocycles. The van der Waals surface area contributed by atoms with Gasteiger partial charge in [-0.1, -0.05) is 0 Å². The van der Waals surface area contributed by atoms with E-state index in [2.05, 4.69) is 15.2 Å². The molecular weight excluding hydrogens is 198 g/mol. The van der Waals surface area contributed by atoms with Crippen LogP contribution in [0.1, 0.15) is 24.0 Å². The Hall–Kier alpha value is -1.63. The van der Waals surface area contributed by atoms with E-state index in [0.717, 1.165) is 0 Å². The number of nitrogen functional groups attached to an aromatic ring is 1. The predicted molar refractivity (Wildman–Crippen MR) is 51.9 cm³/mol. The quantitative estimate of drug-likeness (QED) is 0.551. The fraction of sp³-hybridized carbons (Fsp3) is 0.625. The molecule has 0 bridgehead atoms. The van der Waals surface area contributed by atoms with Gasteiger partial charge >= 0.3 is 0 Å². The lowest BCUT2D eigenvalue weighted by molar-refractivity contribution is 0.0566. The van der Waals surface area contributed by atoms with Crippen LogP contribution in [0.3, 0.4) is 0 Å². The molecule has 0 spiro atoms. The van der Waals surface area contributed by atoms with Gasteiger partial charge in [-0.3, -0.25) is 9.89 Å². The van der Waals surface area contributed by atoms with Crippen LogP contribution in [0.4, 0.5) is 5.95 Å². The Morgan fingerprint density at radius 1 is 1.73 bits per heavy atom. The number of carbonyl (C=O) groups excluding carboxylic acids is 1. The number of nitrogens with zero attached hydrogens (tertiary/aromatic N) is 3. The molecule has 7 heteroatoms. The largest absolute Gasteiger partial charge is 0.388 e. The van der Waals surface area contributed by atoms with Crippen LogP contribution in [0.15, 0.2) is 0 Å². The summed E-state index contributed by atoms with van der Waals surface area (Å²) >= 11 is 0. The molecule has 1 aromatic rings. The Bertz CT molecular complexity index is 386. The lowest BCUT2D eigenvalue weighted by Crippen LogP contribution is -2.34. The molecule has 4 N–H and O–H groups in total. The molecule has 1 aliphatic rings. The lowest BCUT2D eigenvalue weighted by Gasteiger charge is -2.17. The molecule has 0 radical (unpaired) electrons. The maximum atomic E-state index is 11.8. The van der Waals surface area contributed by atoms with Gasteiger partial charge in [0.2, 0.25) is 11.8 Å². The number of aromatic nitrogens is 3. The number of H-pyrrole nitrogens is 1. The van der Waals surface area contributed by atoms with E-state index in [1.54, 1.807) is 6.92 Å². The maximum Gasteiger partial charge on any atom is 0.291 e. The fourth-order valence-electron chi connectivity index (χ4n) is 1.64. The van der Waals surface area contributed by atoms with Crippen molar-refractivity contribution >= 4 is 11.9 Å². The van der Waals surface area contributed by atoms with E-state index < -0.39 is 5.60 Å². The van der Waals surface area contributed by atoms with Gasteiger partial charge in [0.15, 0.2) is 0 Å². The Kier molecular flexibility index (Phi) is 2.11. The van der Waals surface area contributed by atoms with Gasteiger partial charge in [0.25, 0.3) is 5.91 Å². The van der Waals surface area contributed by atoms with Crippen LogP contribution >= 0.6 is 0 Å². The summed E-state index contributed by atoms with van der Waals surface area (Å²) in [6.45, 7) is 2.54. The van der Waals surface area contributed by atoms with Crippen molar-refractivity contribution < 1.29 is 9.90 Å². The molecule has 0 aliphatic carbocycles. The highest BCUT2D eigenvalue weighted by Gasteiger charge is 2.35. The van der Waals surface area contributed by atoms with Crippen molar-refractivity contribution in [2.75, 3.05) is 18.8 Å². The zero-order valence-corrected chi connectivity index (χ0v) is 8.40. The second-order valence-corrected chi connectivity index (χ2v) is 4.02. The highest BCUT2D eigenvalue weighted by atomic mass is 16.3. The van der Waals surface area contributed by atoms with Crippen molar-refractivity contribution in [1.29, 1.82) is 0 Å². The highest BCUT2D eigenvalue weighted by Crippen LogP contribution is 2.21. The molecule has 1 aliphatic heterocycles. The van der Waals surface area contributed by atoms with Gasteiger partial charge in [-0.05, 0) is 13.3 Å². The van der Waals surface area contributed by atoms with E-state index >= 15 is 0 Å². The van der Waals surface area contributed by atoms with Crippen LogP contribution in [0.2, 0.25) is 0 Å². The summed E-state index contributed by atoms with van der Waals surface area (Å²) in [5.41, 5.74) is 4.49. The van der Waals surface area contributed by atoms with Gasteiger partial charge in [-0.2, -0.15) is 4.98 Å². The van der Waals surface area contributed by atoms with E-state index in [1.807, 2.05) is 0 Å². The minimum Gasteiger partial charge on any atom is -0.388 e. The second-order valence-electron chi connectivity index (χ2n) is 4.02. The van der Waals surface area contributed by atoms with E-state index in [0.29, 0.717) is 19.5 Å². The van der Waals surface area contributed by atoms with Crippen molar-refractivity contribution in [2.45, 2.75) is 18.9 Å². The summed E-state index contributed by atoms with van der Waals surface area (Å²) in [6.07, 6.45) is 0.572. The first-order valence-corrected chi connectivity index (χ1v) is 4.67. The van der Waals surface area contributed by atoms with Gasteiger partial charge in [0.05, 0.1) is 5.60 Å². The Labute approximate surface area is 86.3 Å². The van der Waals surface area contributed by atoms with Gasteiger partial charge in [-0.15, -0.1) is 5.10 Å². The van der Waals surface area contributed by atoms with Gasteiger partial charge in [-0.25, -0.2) is 0 Å². The SMILES string of the molecule is CC1(O)CCN(C(=O)c2nc(N)n[nH]2)C1. The number of nitrogens with two attached hydrogens (primary N) is 1. The number of aliphatic hydroxyl groups is 1. The Morgan fingerprint density at radius 3 is 2.93 bits per heavy atom. The number of aromatic amines is 1. The molecule has 1 saturated heterocycles. The Morgan fingerprint density at radius 2 is 2.47 bits per heavy atom. The monoisotopic (exact) mass is 211 g/mol. The zero-order chi connectivity index (χ0) is 11.1. The van der Waals surface area contributed by atoms with Crippen molar-refractivity contribution in [3.05, 3.63) is 5.82 Å². The van der Waals surface area contributed by atoms with Crippen LogP contribution in [-0.2, 0) is 0 Å². The van der Waals surface area contributed by atoms with Gasteiger partial charge < -0.3 is 15.7 Å². The summed E-state index contributed by atoms with van der Waals surface area (Å²) < 4.78 is 0. The molecule has 1 unspecified atom stereocenters. The third-order valence-electron chi connectivity index (χ3n) is 2.44. The van der Waals surface area contributed by atoms with Crippen LogP contribution in [0.25, 0.3) is 0 Å².